The molecule has 3 aromatic heterocycles. The van der Waals surface area contributed by atoms with Crippen molar-refractivity contribution in [2.45, 2.75) is 6.18 Å². The fraction of sp³-hybridized carbons (Fsp3) is 0.0714. The van der Waals surface area contributed by atoms with Crippen molar-refractivity contribution in [2.24, 2.45) is 0 Å². The van der Waals surface area contributed by atoms with Gasteiger partial charge in [0.15, 0.2) is 0 Å². The van der Waals surface area contributed by atoms with E-state index in [1.54, 1.807) is 12.1 Å². The van der Waals surface area contributed by atoms with Gasteiger partial charge in [-0.15, -0.1) is 0 Å². The lowest BCUT2D eigenvalue weighted by Gasteiger charge is -2.07. The number of halogens is 3. The first-order valence-corrected chi connectivity index (χ1v) is 5.96. The SMILES string of the molecule is O=c1[nH]c(-c2ccc(C(F)(F)F)cn2)cc2ccncc12. The number of hydrogen-bond donors (Lipinski definition) is 1. The van der Waals surface area contributed by atoms with E-state index in [1.807, 2.05) is 0 Å². The van der Waals surface area contributed by atoms with Gasteiger partial charge in [-0.1, -0.05) is 0 Å². The molecular formula is C14H8F3N3O. The third-order valence-corrected chi connectivity index (χ3v) is 3.01. The second-order valence-corrected chi connectivity index (χ2v) is 4.40. The summed E-state index contributed by atoms with van der Waals surface area (Å²) in [7, 11) is 0. The first kappa shape index (κ1) is 13.3. The van der Waals surface area contributed by atoms with Crippen molar-refractivity contribution in [3.05, 3.63) is 58.8 Å². The van der Waals surface area contributed by atoms with Gasteiger partial charge >= 0.3 is 6.18 Å². The van der Waals surface area contributed by atoms with Crippen LogP contribution in [0.3, 0.4) is 0 Å². The Bertz CT molecular complexity index is 854. The zero-order valence-corrected chi connectivity index (χ0v) is 10.5. The highest BCUT2D eigenvalue weighted by atomic mass is 19.4. The van der Waals surface area contributed by atoms with Crippen LogP contribution in [0, 0.1) is 0 Å². The highest BCUT2D eigenvalue weighted by molar-refractivity contribution is 5.83. The molecular weight excluding hydrogens is 283 g/mol. The van der Waals surface area contributed by atoms with Gasteiger partial charge < -0.3 is 4.98 Å². The summed E-state index contributed by atoms with van der Waals surface area (Å²) in [5.41, 5.74) is -0.581. The number of rotatable bonds is 1. The van der Waals surface area contributed by atoms with E-state index in [4.69, 9.17) is 0 Å². The maximum atomic E-state index is 12.5. The Morgan fingerprint density at radius 1 is 1.10 bits per heavy atom. The van der Waals surface area contributed by atoms with Crippen LogP contribution in [0.1, 0.15) is 5.56 Å². The topological polar surface area (TPSA) is 58.6 Å². The van der Waals surface area contributed by atoms with Crippen LogP contribution in [0.2, 0.25) is 0 Å². The van der Waals surface area contributed by atoms with Crippen LogP contribution in [0.4, 0.5) is 13.2 Å². The van der Waals surface area contributed by atoms with E-state index in [2.05, 4.69) is 15.0 Å². The molecule has 0 unspecified atom stereocenters. The Balaban J connectivity index is 2.10. The molecule has 0 fully saturated rings. The van der Waals surface area contributed by atoms with E-state index in [9.17, 15) is 18.0 Å². The molecule has 0 spiro atoms. The van der Waals surface area contributed by atoms with E-state index in [-0.39, 0.29) is 11.3 Å². The molecule has 3 aromatic rings. The maximum absolute atomic E-state index is 12.5. The van der Waals surface area contributed by atoms with Gasteiger partial charge in [0.05, 0.1) is 22.3 Å². The van der Waals surface area contributed by atoms with Crippen molar-refractivity contribution in [1.29, 1.82) is 0 Å². The van der Waals surface area contributed by atoms with E-state index in [0.29, 0.717) is 16.5 Å². The van der Waals surface area contributed by atoms with Crippen LogP contribution in [0.5, 0.6) is 0 Å². The summed E-state index contributed by atoms with van der Waals surface area (Å²) >= 11 is 0. The normalized spacial score (nSPS) is 11.8. The van der Waals surface area contributed by atoms with Crippen molar-refractivity contribution in [1.82, 2.24) is 15.0 Å². The van der Waals surface area contributed by atoms with Crippen LogP contribution in [0.25, 0.3) is 22.2 Å². The zero-order chi connectivity index (χ0) is 15.0. The molecule has 1 N–H and O–H groups in total. The van der Waals surface area contributed by atoms with E-state index in [1.165, 1.54) is 18.5 Å². The summed E-state index contributed by atoms with van der Waals surface area (Å²) in [4.78, 5) is 22.1. The summed E-state index contributed by atoms with van der Waals surface area (Å²) in [6.07, 6.45) is -0.734. The number of fused-ring (bicyclic) bond motifs is 1. The number of nitrogens with one attached hydrogen (secondary N) is 1. The molecule has 106 valence electrons. The lowest BCUT2D eigenvalue weighted by atomic mass is 10.1. The fourth-order valence-corrected chi connectivity index (χ4v) is 1.96. The molecule has 0 radical (unpaired) electrons. The Kier molecular flexibility index (Phi) is 2.97. The first-order valence-electron chi connectivity index (χ1n) is 5.96. The molecule has 4 nitrogen and oxygen atoms in total. The summed E-state index contributed by atoms with van der Waals surface area (Å²) in [6, 6.07) is 5.45. The van der Waals surface area contributed by atoms with Gasteiger partial charge in [0, 0.05) is 18.6 Å². The molecule has 3 heterocycles. The van der Waals surface area contributed by atoms with Crippen molar-refractivity contribution < 1.29 is 13.2 Å². The van der Waals surface area contributed by atoms with Crippen LogP contribution in [0.15, 0.2) is 47.7 Å². The Labute approximate surface area is 116 Å². The molecule has 0 atom stereocenters. The van der Waals surface area contributed by atoms with Gasteiger partial charge in [-0.25, -0.2) is 0 Å². The summed E-state index contributed by atoms with van der Waals surface area (Å²) in [5, 5.41) is 1.05. The third kappa shape index (κ3) is 2.49. The number of aromatic amines is 1. The fourth-order valence-electron chi connectivity index (χ4n) is 1.96. The molecule has 7 heteroatoms. The Morgan fingerprint density at radius 2 is 1.90 bits per heavy atom. The number of aromatic nitrogens is 3. The van der Waals surface area contributed by atoms with Gasteiger partial charge in [-0.3, -0.25) is 14.8 Å². The van der Waals surface area contributed by atoms with Crippen LogP contribution >= 0.6 is 0 Å². The average Bonchev–Trinajstić information content (AvgIpc) is 2.46. The molecule has 0 saturated carbocycles. The van der Waals surface area contributed by atoms with E-state index >= 15 is 0 Å². The Morgan fingerprint density at radius 3 is 2.57 bits per heavy atom. The van der Waals surface area contributed by atoms with Crippen molar-refractivity contribution >= 4 is 10.8 Å². The minimum Gasteiger partial charge on any atom is -0.320 e. The zero-order valence-electron chi connectivity index (χ0n) is 10.5. The molecule has 0 bridgehead atoms. The summed E-state index contributed by atoms with van der Waals surface area (Å²) in [5.74, 6) is 0. The molecule has 0 aliphatic heterocycles. The molecule has 3 rings (SSSR count). The minimum atomic E-state index is -4.44. The smallest absolute Gasteiger partial charge is 0.320 e. The highest BCUT2D eigenvalue weighted by Crippen LogP contribution is 2.29. The van der Waals surface area contributed by atoms with Gasteiger partial charge in [0.2, 0.25) is 0 Å². The maximum Gasteiger partial charge on any atom is 0.417 e. The van der Waals surface area contributed by atoms with Gasteiger partial charge in [-0.05, 0) is 29.7 Å². The van der Waals surface area contributed by atoms with Crippen molar-refractivity contribution in [2.75, 3.05) is 0 Å². The van der Waals surface area contributed by atoms with Gasteiger partial charge in [-0.2, -0.15) is 13.2 Å². The molecule has 0 aromatic carbocycles. The standard InChI is InChI=1S/C14H8F3N3O/c15-14(16,17)9-1-2-11(19-6-9)12-5-8-3-4-18-7-10(8)13(21)20-12/h1-7H,(H,20,21). The minimum absolute atomic E-state index is 0.263. The molecule has 0 aliphatic rings. The van der Waals surface area contributed by atoms with E-state index < -0.39 is 11.7 Å². The predicted octanol–water partition coefficient (Wildman–Crippen LogP) is 3.00. The lowest BCUT2D eigenvalue weighted by molar-refractivity contribution is -0.137. The molecule has 0 aliphatic carbocycles. The lowest BCUT2D eigenvalue weighted by Crippen LogP contribution is -2.09. The second kappa shape index (κ2) is 4.69. The Hall–Kier alpha value is -2.70. The van der Waals surface area contributed by atoms with Crippen molar-refractivity contribution in [3.63, 3.8) is 0 Å². The summed E-state index contributed by atoms with van der Waals surface area (Å²) in [6.45, 7) is 0. The molecule has 0 saturated heterocycles. The predicted molar refractivity (Wildman–Crippen MR) is 70.6 cm³/mol. The number of alkyl halides is 3. The second-order valence-electron chi connectivity index (χ2n) is 4.40. The van der Waals surface area contributed by atoms with Crippen LogP contribution < -0.4 is 5.56 Å². The quantitative estimate of drug-likeness (QED) is 0.749. The molecule has 0 amide bonds. The number of hydrogen-bond acceptors (Lipinski definition) is 3. The first-order chi connectivity index (χ1) is 9.95. The van der Waals surface area contributed by atoms with Crippen LogP contribution in [-0.4, -0.2) is 15.0 Å². The summed E-state index contributed by atoms with van der Waals surface area (Å²) < 4.78 is 37.5. The molecule has 21 heavy (non-hydrogen) atoms. The number of pyridine rings is 3. The van der Waals surface area contributed by atoms with Crippen molar-refractivity contribution in [3.8, 4) is 11.4 Å². The third-order valence-electron chi connectivity index (χ3n) is 3.01. The largest absolute Gasteiger partial charge is 0.417 e. The van der Waals surface area contributed by atoms with Gasteiger partial charge in [0.25, 0.3) is 5.56 Å². The van der Waals surface area contributed by atoms with Crippen LogP contribution in [-0.2, 0) is 6.18 Å². The van der Waals surface area contributed by atoms with Gasteiger partial charge in [0.1, 0.15) is 0 Å². The monoisotopic (exact) mass is 291 g/mol. The van der Waals surface area contributed by atoms with E-state index in [0.717, 1.165) is 12.3 Å². The average molecular weight is 291 g/mol. The highest BCUT2D eigenvalue weighted by Gasteiger charge is 2.30. The number of nitrogens with zero attached hydrogens (tertiary/aromatic N) is 2. The number of H-pyrrole nitrogens is 1.